The number of ether oxygens (including phenoxy) is 1. The molecule has 0 radical (unpaired) electrons. The topological polar surface area (TPSA) is 118 Å². The minimum absolute atomic E-state index is 0.0179. The van der Waals surface area contributed by atoms with Crippen molar-refractivity contribution in [2.24, 2.45) is 5.92 Å². The van der Waals surface area contributed by atoms with Gasteiger partial charge in [0.25, 0.3) is 5.91 Å². The Kier molecular flexibility index (Phi) is 7.24. The molecule has 1 aliphatic heterocycles. The zero-order chi connectivity index (χ0) is 23.4. The van der Waals surface area contributed by atoms with Gasteiger partial charge in [-0.3, -0.25) is 19.7 Å². The SMILES string of the molecule is CCOC(=O)c1sc(NC(=O)c2ccc(NC(=O)C3CC(=O)N(C(C)C)C3)cc2)nc1C. The average molecular weight is 459 g/mol. The van der Waals surface area contributed by atoms with Crippen molar-refractivity contribution in [2.45, 2.75) is 40.2 Å². The summed E-state index contributed by atoms with van der Waals surface area (Å²) in [5.41, 5.74) is 1.40. The Morgan fingerprint density at radius 2 is 1.91 bits per heavy atom. The molecular weight excluding hydrogens is 432 g/mol. The van der Waals surface area contributed by atoms with Gasteiger partial charge in [0, 0.05) is 30.3 Å². The van der Waals surface area contributed by atoms with E-state index in [0.717, 1.165) is 11.3 Å². The Balaban J connectivity index is 1.59. The average Bonchev–Trinajstić information content (AvgIpc) is 3.31. The van der Waals surface area contributed by atoms with Crippen LogP contribution in [0.2, 0.25) is 0 Å². The number of amides is 3. The van der Waals surface area contributed by atoms with Gasteiger partial charge in [0.2, 0.25) is 11.8 Å². The number of aromatic nitrogens is 1. The third-order valence-corrected chi connectivity index (χ3v) is 6.10. The number of nitrogens with zero attached hydrogens (tertiary/aromatic N) is 2. The molecule has 1 aromatic carbocycles. The molecule has 0 bridgehead atoms. The molecule has 170 valence electrons. The van der Waals surface area contributed by atoms with Crippen LogP contribution in [-0.2, 0) is 14.3 Å². The predicted molar refractivity (Wildman–Crippen MR) is 121 cm³/mol. The number of aryl methyl sites for hydroxylation is 1. The van der Waals surface area contributed by atoms with Gasteiger partial charge in [-0.2, -0.15) is 0 Å². The zero-order valence-electron chi connectivity index (χ0n) is 18.4. The van der Waals surface area contributed by atoms with Crippen LogP contribution in [0.3, 0.4) is 0 Å². The first-order chi connectivity index (χ1) is 15.2. The fourth-order valence-electron chi connectivity index (χ4n) is 3.36. The van der Waals surface area contributed by atoms with Crippen molar-refractivity contribution in [1.29, 1.82) is 0 Å². The molecule has 1 saturated heterocycles. The van der Waals surface area contributed by atoms with Crippen LogP contribution in [0.4, 0.5) is 10.8 Å². The van der Waals surface area contributed by atoms with E-state index in [1.807, 2.05) is 13.8 Å². The van der Waals surface area contributed by atoms with Gasteiger partial charge in [0.05, 0.1) is 18.2 Å². The van der Waals surface area contributed by atoms with E-state index in [2.05, 4.69) is 15.6 Å². The molecule has 9 nitrogen and oxygen atoms in total. The minimum atomic E-state index is -0.469. The van der Waals surface area contributed by atoms with Gasteiger partial charge in [0.1, 0.15) is 4.88 Å². The number of anilines is 2. The Morgan fingerprint density at radius 3 is 2.50 bits per heavy atom. The molecule has 32 heavy (non-hydrogen) atoms. The van der Waals surface area contributed by atoms with Crippen LogP contribution < -0.4 is 10.6 Å². The van der Waals surface area contributed by atoms with E-state index in [0.29, 0.717) is 33.5 Å². The Bertz CT molecular complexity index is 1030. The first-order valence-corrected chi connectivity index (χ1v) is 11.2. The number of carbonyl (C=O) groups is 4. The van der Waals surface area contributed by atoms with Crippen molar-refractivity contribution in [3.63, 3.8) is 0 Å². The van der Waals surface area contributed by atoms with E-state index in [-0.39, 0.29) is 36.8 Å². The van der Waals surface area contributed by atoms with E-state index in [1.165, 1.54) is 0 Å². The number of esters is 1. The van der Waals surface area contributed by atoms with Crippen LogP contribution in [0.5, 0.6) is 0 Å². The molecule has 0 aliphatic carbocycles. The highest BCUT2D eigenvalue weighted by Gasteiger charge is 2.35. The highest BCUT2D eigenvalue weighted by Crippen LogP contribution is 2.25. The van der Waals surface area contributed by atoms with Crippen molar-refractivity contribution in [3.05, 3.63) is 40.4 Å². The molecule has 1 atom stereocenters. The Morgan fingerprint density at radius 1 is 1.22 bits per heavy atom. The van der Waals surface area contributed by atoms with Crippen LogP contribution in [0, 0.1) is 12.8 Å². The normalized spacial score (nSPS) is 15.7. The van der Waals surface area contributed by atoms with E-state index in [9.17, 15) is 19.2 Å². The molecule has 2 aromatic rings. The van der Waals surface area contributed by atoms with Gasteiger partial charge in [0.15, 0.2) is 5.13 Å². The van der Waals surface area contributed by atoms with Gasteiger partial charge in [-0.05, 0) is 52.0 Å². The second-order valence-electron chi connectivity index (χ2n) is 7.72. The van der Waals surface area contributed by atoms with Gasteiger partial charge < -0.3 is 15.0 Å². The summed E-state index contributed by atoms with van der Waals surface area (Å²) in [7, 11) is 0. The molecule has 1 fully saturated rings. The first kappa shape index (κ1) is 23.4. The van der Waals surface area contributed by atoms with Gasteiger partial charge in [-0.15, -0.1) is 0 Å². The standard InChI is InChI=1S/C22H26N4O5S/c1-5-31-21(30)18-13(4)23-22(32-18)25-19(28)14-6-8-16(9-7-14)24-20(29)15-10-17(27)26(11-15)12(2)3/h6-9,12,15H,5,10-11H2,1-4H3,(H,24,29)(H,23,25,28). The number of thiazole rings is 1. The third-order valence-electron chi connectivity index (χ3n) is 5.05. The van der Waals surface area contributed by atoms with Crippen LogP contribution in [-0.4, -0.2) is 52.8 Å². The highest BCUT2D eigenvalue weighted by atomic mass is 32.1. The minimum Gasteiger partial charge on any atom is -0.462 e. The van der Waals surface area contributed by atoms with Crippen LogP contribution in [0.25, 0.3) is 0 Å². The van der Waals surface area contributed by atoms with Crippen LogP contribution in [0.1, 0.15) is 52.9 Å². The summed E-state index contributed by atoms with van der Waals surface area (Å²) < 4.78 is 4.98. The van der Waals surface area contributed by atoms with Crippen LogP contribution >= 0.6 is 11.3 Å². The maximum absolute atomic E-state index is 12.5. The number of hydrogen-bond acceptors (Lipinski definition) is 7. The summed E-state index contributed by atoms with van der Waals surface area (Å²) in [4.78, 5) is 55.2. The molecular formula is C22H26N4O5S. The van der Waals surface area contributed by atoms with Crippen LogP contribution in [0.15, 0.2) is 24.3 Å². The largest absolute Gasteiger partial charge is 0.462 e. The molecule has 1 aromatic heterocycles. The van der Waals surface area contributed by atoms with Gasteiger partial charge in [-0.25, -0.2) is 9.78 Å². The quantitative estimate of drug-likeness (QED) is 0.616. The third kappa shape index (κ3) is 5.31. The summed E-state index contributed by atoms with van der Waals surface area (Å²) in [6.45, 7) is 7.90. The molecule has 1 unspecified atom stereocenters. The van der Waals surface area contributed by atoms with E-state index >= 15 is 0 Å². The lowest BCUT2D eigenvalue weighted by molar-refractivity contribution is -0.129. The first-order valence-electron chi connectivity index (χ1n) is 10.4. The maximum atomic E-state index is 12.5. The highest BCUT2D eigenvalue weighted by molar-refractivity contribution is 7.17. The maximum Gasteiger partial charge on any atom is 0.350 e. The van der Waals surface area contributed by atoms with E-state index in [4.69, 9.17) is 4.74 Å². The molecule has 0 saturated carbocycles. The summed E-state index contributed by atoms with van der Waals surface area (Å²) in [6.07, 6.45) is 0.200. The monoisotopic (exact) mass is 458 g/mol. The van der Waals surface area contributed by atoms with Gasteiger partial charge in [-0.1, -0.05) is 11.3 Å². The molecule has 10 heteroatoms. The molecule has 3 rings (SSSR count). The summed E-state index contributed by atoms with van der Waals surface area (Å²) in [5, 5.41) is 5.78. The van der Waals surface area contributed by atoms with Crippen molar-refractivity contribution in [3.8, 4) is 0 Å². The number of nitrogens with one attached hydrogen (secondary N) is 2. The number of carbonyl (C=O) groups excluding carboxylic acids is 4. The summed E-state index contributed by atoms with van der Waals surface area (Å²) >= 11 is 1.05. The summed E-state index contributed by atoms with van der Waals surface area (Å²) in [5.74, 6) is -1.49. The van der Waals surface area contributed by atoms with E-state index < -0.39 is 11.9 Å². The second-order valence-corrected chi connectivity index (χ2v) is 8.71. The van der Waals surface area contributed by atoms with Crippen molar-refractivity contribution in [2.75, 3.05) is 23.8 Å². The molecule has 3 amide bonds. The Hall–Kier alpha value is -3.27. The fourth-order valence-corrected chi connectivity index (χ4v) is 4.22. The van der Waals surface area contributed by atoms with Crippen molar-refractivity contribution >= 4 is 45.8 Å². The number of likely N-dealkylation sites (tertiary alicyclic amines) is 1. The number of hydrogen-bond donors (Lipinski definition) is 2. The lowest BCUT2D eigenvalue weighted by Crippen LogP contribution is -2.33. The molecule has 2 heterocycles. The predicted octanol–water partition coefficient (Wildman–Crippen LogP) is 3.08. The molecule has 1 aliphatic rings. The van der Waals surface area contributed by atoms with Crippen molar-refractivity contribution < 1.29 is 23.9 Å². The number of rotatable bonds is 7. The molecule has 0 spiro atoms. The van der Waals surface area contributed by atoms with E-state index in [1.54, 1.807) is 43.0 Å². The molecule has 2 N–H and O–H groups in total. The second kappa shape index (κ2) is 9.90. The lowest BCUT2D eigenvalue weighted by Gasteiger charge is -2.20. The van der Waals surface area contributed by atoms with Crippen molar-refractivity contribution in [1.82, 2.24) is 9.88 Å². The fraction of sp³-hybridized carbons (Fsp3) is 0.409. The Labute approximate surface area is 190 Å². The smallest absolute Gasteiger partial charge is 0.350 e. The lowest BCUT2D eigenvalue weighted by atomic mass is 10.1. The summed E-state index contributed by atoms with van der Waals surface area (Å²) in [6, 6.07) is 6.48. The number of benzene rings is 1. The van der Waals surface area contributed by atoms with Gasteiger partial charge >= 0.3 is 5.97 Å². The zero-order valence-corrected chi connectivity index (χ0v) is 19.2.